The van der Waals surface area contributed by atoms with Gasteiger partial charge in [-0.05, 0) is 23.6 Å². The number of nitrogens with zero attached hydrogens (tertiary/aromatic N) is 1. The van der Waals surface area contributed by atoms with Gasteiger partial charge >= 0.3 is 0 Å². The van der Waals surface area contributed by atoms with Crippen LogP contribution in [0.3, 0.4) is 0 Å². The standard InChI is InChI=1S/C17H24N2O3/c1-12(2)13-4-6-15(7-5-13)19-11-14(10-16(19)20)17(21)18-8-9-22-3/h4-7,12,14H,8-11H2,1-3H3,(H,18,21)/t14-/m1/s1. The number of carbonyl (C=O) groups excluding carboxylic acids is 2. The Balaban J connectivity index is 1.98. The van der Waals surface area contributed by atoms with Crippen molar-refractivity contribution >= 4 is 17.5 Å². The molecule has 0 spiro atoms. The zero-order chi connectivity index (χ0) is 16.1. The van der Waals surface area contributed by atoms with Crippen molar-refractivity contribution in [1.82, 2.24) is 5.32 Å². The molecule has 1 atom stereocenters. The molecule has 2 amide bonds. The highest BCUT2D eigenvalue weighted by Crippen LogP contribution is 2.26. The van der Waals surface area contributed by atoms with Gasteiger partial charge in [-0.2, -0.15) is 0 Å². The van der Waals surface area contributed by atoms with E-state index >= 15 is 0 Å². The number of hydrogen-bond acceptors (Lipinski definition) is 3. The van der Waals surface area contributed by atoms with E-state index in [4.69, 9.17) is 4.74 Å². The Hall–Kier alpha value is -1.88. The minimum Gasteiger partial charge on any atom is -0.383 e. The van der Waals surface area contributed by atoms with E-state index < -0.39 is 0 Å². The Kier molecular flexibility index (Phi) is 5.55. The molecule has 1 aromatic carbocycles. The second-order valence-electron chi connectivity index (χ2n) is 5.94. The number of rotatable bonds is 6. The molecule has 2 rings (SSSR count). The number of benzene rings is 1. The van der Waals surface area contributed by atoms with Crippen LogP contribution < -0.4 is 10.2 Å². The normalized spacial score (nSPS) is 18.1. The Morgan fingerprint density at radius 1 is 1.36 bits per heavy atom. The lowest BCUT2D eigenvalue weighted by atomic mass is 10.0. The van der Waals surface area contributed by atoms with E-state index in [-0.39, 0.29) is 24.2 Å². The van der Waals surface area contributed by atoms with E-state index in [1.165, 1.54) is 5.56 Å². The van der Waals surface area contributed by atoms with Gasteiger partial charge in [0.25, 0.3) is 0 Å². The van der Waals surface area contributed by atoms with Gasteiger partial charge in [-0.1, -0.05) is 26.0 Å². The predicted molar refractivity (Wildman–Crippen MR) is 85.9 cm³/mol. The molecule has 0 radical (unpaired) electrons. The molecular formula is C17H24N2O3. The molecule has 5 heteroatoms. The van der Waals surface area contributed by atoms with Crippen LogP contribution in [0.5, 0.6) is 0 Å². The van der Waals surface area contributed by atoms with Crippen LogP contribution in [0.25, 0.3) is 0 Å². The van der Waals surface area contributed by atoms with E-state index in [0.717, 1.165) is 5.69 Å². The number of carbonyl (C=O) groups is 2. The first-order chi connectivity index (χ1) is 10.5. The number of amides is 2. The van der Waals surface area contributed by atoms with Crippen molar-refractivity contribution in [3.8, 4) is 0 Å². The average molecular weight is 304 g/mol. The maximum atomic E-state index is 12.2. The van der Waals surface area contributed by atoms with Crippen molar-refractivity contribution in [2.24, 2.45) is 5.92 Å². The monoisotopic (exact) mass is 304 g/mol. The second-order valence-corrected chi connectivity index (χ2v) is 5.94. The molecule has 1 heterocycles. The van der Waals surface area contributed by atoms with Gasteiger partial charge in [0, 0.05) is 32.3 Å². The number of hydrogen-bond donors (Lipinski definition) is 1. The molecule has 1 N–H and O–H groups in total. The zero-order valence-electron chi connectivity index (χ0n) is 13.5. The first-order valence-corrected chi connectivity index (χ1v) is 7.70. The Bertz CT molecular complexity index is 525. The van der Waals surface area contributed by atoms with Crippen LogP contribution in [-0.4, -0.2) is 38.6 Å². The maximum absolute atomic E-state index is 12.2. The topological polar surface area (TPSA) is 58.6 Å². The number of anilines is 1. The van der Waals surface area contributed by atoms with Crippen molar-refractivity contribution < 1.29 is 14.3 Å². The molecule has 1 fully saturated rings. The summed E-state index contributed by atoms with van der Waals surface area (Å²) in [7, 11) is 1.59. The predicted octanol–water partition coefficient (Wildman–Crippen LogP) is 1.93. The van der Waals surface area contributed by atoms with E-state index in [0.29, 0.717) is 25.6 Å². The average Bonchev–Trinajstić information content (AvgIpc) is 2.89. The number of nitrogens with one attached hydrogen (secondary N) is 1. The summed E-state index contributed by atoms with van der Waals surface area (Å²) < 4.78 is 4.90. The van der Waals surface area contributed by atoms with Gasteiger partial charge in [0.15, 0.2) is 0 Å². The van der Waals surface area contributed by atoms with Gasteiger partial charge in [0.05, 0.1) is 12.5 Å². The van der Waals surface area contributed by atoms with Crippen molar-refractivity contribution in [3.05, 3.63) is 29.8 Å². The first kappa shape index (κ1) is 16.5. The third-order valence-corrected chi connectivity index (χ3v) is 3.97. The lowest BCUT2D eigenvalue weighted by molar-refractivity contribution is -0.126. The molecule has 1 aliphatic rings. The highest BCUT2D eigenvalue weighted by Gasteiger charge is 2.34. The van der Waals surface area contributed by atoms with E-state index in [1.807, 2.05) is 24.3 Å². The molecule has 120 valence electrons. The summed E-state index contributed by atoms with van der Waals surface area (Å²) in [5.41, 5.74) is 2.10. The number of methoxy groups -OCH3 is 1. The van der Waals surface area contributed by atoms with E-state index in [9.17, 15) is 9.59 Å². The summed E-state index contributed by atoms with van der Waals surface area (Å²) in [5, 5.41) is 2.80. The van der Waals surface area contributed by atoms with E-state index in [1.54, 1.807) is 12.0 Å². The van der Waals surface area contributed by atoms with Crippen LogP contribution in [0.2, 0.25) is 0 Å². The van der Waals surface area contributed by atoms with Crippen molar-refractivity contribution in [1.29, 1.82) is 0 Å². The van der Waals surface area contributed by atoms with Gasteiger partial charge in [-0.3, -0.25) is 9.59 Å². The highest BCUT2D eigenvalue weighted by molar-refractivity contribution is 6.00. The molecule has 5 nitrogen and oxygen atoms in total. The van der Waals surface area contributed by atoms with Crippen LogP contribution in [0.1, 0.15) is 31.7 Å². The molecule has 22 heavy (non-hydrogen) atoms. The highest BCUT2D eigenvalue weighted by atomic mass is 16.5. The molecule has 0 aromatic heterocycles. The third-order valence-electron chi connectivity index (χ3n) is 3.97. The van der Waals surface area contributed by atoms with Gasteiger partial charge in [-0.25, -0.2) is 0 Å². The fourth-order valence-corrected chi connectivity index (χ4v) is 2.59. The maximum Gasteiger partial charge on any atom is 0.227 e. The summed E-state index contributed by atoms with van der Waals surface area (Å²) in [4.78, 5) is 25.9. The van der Waals surface area contributed by atoms with Crippen LogP contribution >= 0.6 is 0 Å². The largest absolute Gasteiger partial charge is 0.383 e. The van der Waals surface area contributed by atoms with Crippen molar-refractivity contribution in [2.75, 3.05) is 31.7 Å². The molecular weight excluding hydrogens is 280 g/mol. The fourth-order valence-electron chi connectivity index (χ4n) is 2.59. The summed E-state index contributed by atoms with van der Waals surface area (Å²) in [6.07, 6.45) is 0.269. The molecule has 1 aliphatic heterocycles. The Labute approximate surface area is 131 Å². The van der Waals surface area contributed by atoms with Gasteiger partial charge in [0.2, 0.25) is 11.8 Å². The second kappa shape index (κ2) is 7.40. The van der Waals surface area contributed by atoms with E-state index in [2.05, 4.69) is 19.2 Å². The molecule has 0 saturated carbocycles. The SMILES string of the molecule is COCCNC(=O)[C@@H]1CC(=O)N(c2ccc(C(C)C)cc2)C1. The summed E-state index contributed by atoms with van der Waals surface area (Å²) >= 11 is 0. The summed E-state index contributed by atoms with van der Waals surface area (Å²) in [6.45, 7) is 5.67. The molecule has 0 aliphatic carbocycles. The summed E-state index contributed by atoms with van der Waals surface area (Å²) in [6, 6.07) is 8.00. The molecule has 0 unspecified atom stereocenters. The Morgan fingerprint density at radius 3 is 2.64 bits per heavy atom. The van der Waals surface area contributed by atoms with Gasteiger partial charge < -0.3 is 15.0 Å². The lowest BCUT2D eigenvalue weighted by Crippen LogP contribution is -2.34. The zero-order valence-corrected chi connectivity index (χ0v) is 13.5. The van der Waals surface area contributed by atoms with Crippen molar-refractivity contribution in [3.63, 3.8) is 0 Å². The molecule has 0 bridgehead atoms. The van der Waals surface area contributed by atoms with Crippen molar-refractivity contribution in [2.45, 2.75) is 26.2 Å². The minimum absolute atomic E-state index is 0.00388. The van der Waals surface area contributed by atoms with Crippen LogP contribution in [-0.2, 0) is 14.3 Å². The first-order valence-electron chi connectivity index (χ1n) is 7.70. The van der Waals surface area contributed by atoms with Gasteiger partial charge in [0.1, 0.15) is 0 Å². The van der Waals surface area contributed by atoms with Crippen LogP contribution in [0, 0.1) is 5.92 Å². The third kappa shape index (κ3) is 3.85. The fraction of sp³-hybridized carbons (Fsp3) is 0.529. The quantitative estimate of drug-likeness (QED) is 0.817. The summed E-state index contributed by atoms with van der Waals surface area (Å²) in [5.74, 6) is 0.104. The van der Waals surface area contributed by atoms with Crippen LogP contribution in [0.4, 0.5) is 5.69 Å². The molecule has 1 aromatic rings. The minimum atomic E-state index is -0.283. The molecule has 1 saturated heterocycles. The Morgan fingerprint density at radius 2 is 2.05 bits per heavy atom. The number of ether oxygens (including phenoxy) is 1. The van der Waals surface area contributed by atoms with Crippen LogP contribution in [0.15, 0.2) is 24.3 Å². The smallest absolute Gasteiger partial charge is 0.227 e. The van der Waals surface area contributed by atoms with Gasteiger partial charge in [-0.15, -0.1) is 0 Å². The lowest BCUT2D eigenvalue weighted by Gasteiger charge is -2.17.